The zero-order valence-corrected chi connectivity index (χ0v) is 9.30. The van der Waals surface area contributed by atoms with E-state index >= 15 is 0 Å². The van der Waals surface area contributed by atoms with Crippen molar-refractivity contribution in [1.29, 1.82) is 0 Å². The molecule has 6 N–H and O–H groups in total. The Morgan fingerprint density at radius 2 is 1.40 bits per heavy atom. The molecule has 0 aromatic rings. The zero-order chi connectivity index (χ0) is 12.6. The second-order valence-corrected chi connectivity index (χ2v) is 3.70. The minimum Gasteiger partial charge on any atom is -0.480 e. The first-order valence-corrected chi connectivity index (χ1v) is 4.65. The fraction of sp³-hybridized carbons (Fsp3) is 0.778. The Balaban J connectivity index is 0. The van der Waals surface area contributed by atoms with Crippen LogP contribution in [0, 0.1) is 5.92 Å². The molecule has 0 spiro atoms. The van der Waals surface area contributed by atoms with Gasteiger partial charge >= 0.3 is 11.9 Å². The summed E-state index contributed by atoms with van der Waals surface area (Å²) in [5.41, 5.74) is 10.1. The second-order valence-electron chi connectivity index (χ2n) is 3.70. The Morgan fingerprint density at radius 3 is 1.47 bits per heavy atom. The first kappa shape index (κ1) is 16.3. The maximum absolute atomic E-state index is 10.1. The van der Waals surface area contributed by atoms with Gasteiger partial charge in [0.15, 0.2) is 0 Å². The number of hydrogen-bond donors (Lipinski definition) is 4. The predicted octanol–water partition coefficient (Wildman–Crippen LogP) is -0.137. The van der Waals surface area contributed by atoms with Crippen LogP contribution in [0.5, 0.6) is 0 Å². The molecule has 0 radical (unpaired) electrons. The fourth-order valence-corrected chi connectivity index (χ4v) is 0.609. The van der Waals surface area contributed by atoms with Crippen LogP contribution in [0.15, 0.2) is 0 Å². The Kier molecular flexibility index (Phi) is 8.90. The van der Waals surface area contributed by atoms with E-state index in [0.717, 1.165) is 0 Å². The van der Waals surface area contributed by atoms with Gasteiger partial charge in [-0.05, 0) is 19.3 Å². The second kappa shape index (κ2) is 8.19. The van der Waals surface area contributed by atoms with E-state index in [2.05, 4.69) is 0 Å². The van der Waals surface area contributed by atoms with Gasteiger partial charge in [0.1, 0.15) is 12.1 Å². The first-order valence-electron chi connectivity index (χ1n) is 4.65. The summed E-state index contributed by atoms with van der Waals surface area (Å²) in [4.78, 5) is 19.7. The van der Waals surface area contributed by atoms with E-state index in [9.17, 15) is 9.59 Å². The van der Waals surface area contributed by atoms with Gasteiger partial charge in [-0.1, -0.05) is 13.8 Å². The van der Waals surface area contributed by atoms with Gasteiger partial charge in [0.05, 0.1) is 0 Å². The number of aliphatic carboxylic acids is 2. The average molecular weight is 220 g/mol. The molecule has 0 saturated heterocycles. The van der Waals surface area contributed by atoms with E-state index in [0.29, 0.717) is 12.3 Å². The van der Waals surface area contributed by atoms with Crippen molar-refractivity contribution in [2.24, 2.45) is 17.4 Å². The zero-order valence-electron chi connectivity index (χ0n) is 9.30. The highest BCUT2D eigenvalue weighted by Gasteiger charge is 2.11. The van der Waals surface area contributed by atoms with Crippen LogP contribution in [0.4, 0.5) is 0 Å². The van der Waals surface area contributed by atoms with Crippen LogP contribution in [-0.2, 0) is 9.59 Å². The van der Waals surface area contributed by atoms with Gasteiger partial charge in [-0.2, -0.15) is 0 Å². The van der Waals surface area contributed by atoms with Crippen molar-refractivity contribution in [2.45, 2.75) is 39.3 Å². The molecule has 6 heteroatoms. The van der Waals surface area contributed by atoms with E-state index in [1.807, 2.05) is 13.8 Å². The summed E-state index contributed by atoms with van der Waals surface area (Å²) in [7, 11) is 0. The number of hydrogen-bond acceptors (Lipinski definition) is 4. The minimum absolute atomic E-state index is 0.357. The number of carbonyl (C=O) groups is 2. The number of nitrogens with two attached hydrogens (primary N) is 2. The summed E-state index contributed by atoms with van der Waals surface area (Å²) >= 11 is 0. The molecule has 0 aliphatic rings. The van der Waals surface area contributed by atoms with Gasteiger partial charge < -0.3 is 21.7 Å². The van der Waals surface area contributed by atoms with Crippen molar-refractivity contribution < 1.29 is 19.8 Å². The lowest BCUT2D eigenvalue weighted by molar-refractivity contribution is -0.139. The van der Waals surface area contributed by atoms with E-state index in [4.69, 9.17) is 21.7 Å². The fourth-order valence-electron chi connectivity index (χ4n) is 0.609. The predicted molar refractivity (Wildman–Crippen MR) is 56.4 cm³/mol. The summed E-state index contributed by atoms with van der Waals surface area (Å²) in [5.74, 6) is -1.52. The molecule has 0 aromatic carbocycles. The third kappa shape index (κ3) is 12.9. The Hall–Kier alpha value is -1.14. The van der Waals surface area contributed by atoms with Crippen LogP contribution in [-0.4, -0.2) is 34.2 Å². The highest BCUT2D eigenvalue weighted by Crippen LogP contribution is 2.01. The standard InChI is InChI=1S/C6H13NO2.C3H7NO2/c1-4(2)3-5(7)6(8)9;1-2(4)3(5)6/h4-5H,3,7H2,1-2H3,(H,8,9);2H,4H2,1H3,(H,5,6)/t5-;/m0./s1. The third-order valence-corrected chi connectivity index (χ3v) is 1.43. The Morgan fingerprint density at radius 1 is 1.07 bits per heavy atom. The van der Waals surface area contributed by atoms with E-state index in [1.165, 1.54) is 6.92 Å². The molecule has 0 aliphatic carbocycles. The molecule has 0 rings (SSSR count). The average Bonchev–Trinajstić information content (AvgIpc) is 2.03. The van der Waals surface area contributed by atoms with Crippen molar-refractivity contribution in [3.63, 3.8) is 0 Å². The Bertz CT molecular complexity index is 204. The van der Waals surface area contributed by atoms with Gasteiger partial charge in [-0.3, -0.25) is 9.59 Å². The summed E-state index contributed by atoms with van der Waals surface area (Å²) in [6, 6.07) is -1.42. The van der Waals surface area contributed by atoms with Crippen LogP contribution >= 0.6 is 0 Å². The van der Waals surface area contributed by atoms with Crippen LogP contribution in [0.25, 0.3) is 0 Å². The summed E-state index contributed by atoms with van der Waals surface area (Å²) in [5, 5.41) is 16.2. The molecular formula is C9H20N2O4. The lowest BCUT2D eigenvalue weighted by Crippen LogP contribution is -2.31. The van der Waals surface area contributed by atoms with Crippen LogP contribution in [0.1, 0.15) is 27.2 Å². The largest absolute Gasteiger partial charge is 0.480 e. The summed E-state index contributed by atoms with van der Waals surface area (Å²) < 4.78 is 0. The lowest BCUT2D eigenvalue weighted by Gasteiger charge is -2.07. The maximum atomic E-state index is 10.1. The van der Waals surface area contributed by atoms with Crippen molar-refractivity contribution in [3.8, 4) is 0 Å². The van der Waals surface area contributed by atoms with E-state index in [1.54, 1.807) is 0 Å². The molecule has 15 heavy (non-hydrogen) atoms. The molecule has 0 heterocycles. The van der Waals surface area contributed by atoms with Crippen molar-refractivity contribution in [1.82, 2.24) is 0 Å². The molecule has 90 valence electrons. The topological polar surface area (TPSA) is 127 Å². The van der Waals surface area contributed by atoms with Gasteiger partial charge in [0.25, 0.3) is 0 Å². The lowest BCUT2D eigenvalue weighted by atomic mass is 10.1. The maximum Gasteiger partial charge on any atom is 0.320 e. The van der Waals surface area contributed by atoms with Gasteiger partial charge in [-0.15, -0.1) is 0 Å². The van der Waals surface area contributed by atoms with Gasteiger partial charge in [-0.25, -0.2) is 0 Å². The number of carboxylic acids is 2. The van der Waals surface area contributed by atoms with Crippen LogP contribution < -0.4 is 11.5 Å². The van der Waals surface area contributed by atoms with Gasteiger partial charge in [0.2, 0.25) is 0 Å². The molecule has 0 amide bonds. The van der Waals surface area contributed by atoms with E-state index in [-0.39, 0.29) is 0 Å². The number of carboxylic acid groups (broad SMARTS) is 2. The molecule has 0 bridgehead atoms. The smallest absolute Gasteiger partial charge is 0.320 e. The van der Waals surface area contributed by atoms with Crippen molar-refractivity contribution in [3.05, 3.63) is 0 Å². The molecule has 0 aromatic heterocycles. The monoisotopic (exact) mass is 220 g/mol. The molecule has 0 fully saturated rings. The van der Waals surface area contributed by atoms with Crippen LogP contribution in [0.3, 0.4) is 0 Å². The normalized spacial score (nSPS) is 13.7. The summed E-state index contributed by atoms with van der Waals surface area (Å²) in [6.45, 7) is 5.31. The quantitative estimate of drug-likeness (QED) is 0.522. The van der Waals surface area contributed by atoms with Gasteiger partial charge in [0, 0.05) is 0 Å². The Labute approximate surface area is 89.3 Å². The summed E-state index contributed by atoms with van der Waals surface area (Å²) in [6.07, 6.45) is 0.551. The SMILES string of the molecule is CC(C)C[C@H](N)C(=O)O.CC(N)C(=O)O. The molecule has 1 unspecified atom stereocenters. The molecule has 2 atom stereocenters. The minimum atomic E-state index is -0.963. The first-order chi connectivity index (χ1) is 6.68. The van der Waals surface area contributed by atoms with Crippen molar-refractivity contribution in [2.75, 3.05) is 0 Å². The molecule has 0 saturated carbocycles. The van der Waals surface area contributed by atoms with Crippen molar-refractivity contribution >= 4 is 11.9 Å². The van der Waals surface area contributed by atoms with Crippen LogP contribution in [0.2, 0.25) is 0 Å². The molecule has 6 nitrogen and oxygen atoms in total. The van der Waals surface area contributed by atoms with E-state index < -0.39 is 24.0 Å². The highest BCUT2D eigenvalue weighted by molar-refractivity contribution is 5.73. The molecular weight excluding hydrogens is 200 g/mol. The molecule has 0 aliphatic heterocycles. The number of rotatable bonds is 4. The third-order valence-electron chi connectivity index (χ3n) is 1.43. The highest BCUT2D eigenvalue weighted by atomic mass is 16.4.